The van der Waals surface area contributed by atoms with E-state index in [-0.39, 0.29) is 5.91 Å². The van der Waals surface area contributed by atoms with Crippen molar-refractivity contribution < 1.29 is 4.79 Å². The quantitative estimate of drug-likeness (QED) is 0.753. The number of nitrogens with one attached hydrogen (secondary N) is 1. The van der Waals surface area contributed by atoms with Crippen molar-refractivity contribution >= 4 is 17.2 Å². The molecular formula is C14H23NOS. The highest BCUT2D eigenvalue weighted by Crippen LogP contribution is 2.12. The third-order valence-electron chi connectivity index (χ3n) is 3.05. The maximum Gasteiger partial charge on any atom is 0.225 e. The molecule has 3 heteroatoms. The van der Waals surface area contributed by atoms with Crippen LogP contribution in [0.2, 0.25) is 0 Å². The van der Waals surface area contributed by atoms with E-state index in [1.54, 1.807) is 11.3 Å². The smallest absolute Gasteiger partial charge is 0.225 e. The number of amides is 1. The minimum atomic E-state index is 0.155. The van der Waals surface area contributed by atoms with E-state index < -0.39 is 0 Å². The number of hydrogen-bond donors (Lipinski definition) is 1. The van der Waals surface area contributed by atoms with Crippen molar-refractivity contribution in [3.8, 4) is 0 Å². The van der Waals surface area contributed by atoms with Crippen LogP contribution >= 0.6 is 11.3 Å². The molecule has 0 saturated carbocycles. The predicted octanol–water partition coefficient (Wildman–Crippen LogP) is 3.62. The molecule has 1 amide bonds. The molecule has 1 atom stereocenters. The monoisotopic (exact) mass is 253 g/mol. The van der Waals surface area contributed by atoms with Gasteiger partial charge in [-0.15, -0.1) is 11.3 Å². The van der Waals surface area contributed by atoms with Crippen LogP contribution < -0.4 is 5.32 Å². The summed E-state index contributed by atoms with van der Waals surface area (Å²) in [5, 5.41) is 5.06. The Morgan fingerprint density at radius 1 is 1.47 bits per heavy atom. The van der Waals surface area contributed by atoms with Crippen LogP contribution in [0.1, 0.15) is 44.4 Å². The van der Waals surface area contributed by atoms with Gasteiger partial charge in [-0.05, 0) is 23.8 Å². The van der Waals surface area contributed by atoms with Crippen molar-refractivity contribution in [3.05, 3.63) is 22.4 Å². The van der Waals surface area contributed by atoms with Crippen LogP contribution in [-0.2, 0) is 11.2 Å². The number of hydrogen-bond acceptors (Lipinski definition) is 2. The second-order valence-electron chi connectivity index (χ2n) is 4.48. The minimum Gasteiger partial charge on any atom is -0.356 e. The zero-order valence-electron chi connectivity index (χ0n) is 10.9. The van der Waals surface area contributed by atoms with Gasteiger partial charge in [-0.2, -0.15) is 0 Å². The number of carbonyl (C=O) groups excluding carboxylic acids is 1. The first-order valence-corrected chi connectivity index (χ1v) is 7.43. The Hall–Kier alpha value is -0.830. The van der Waals surface area contributed by atoms with E-state index in [4.69, 9.17) is 0 Å². The fourth-order valence-corrected chi connectivity index (χ4v) is 2.54. The summed E-state index contributed by atoms with van der Waals surface area (Å²) in [4.78, 5) is 12.8. The fourth-order valence-electron chi connectivity index (χ4n) is 1.84. The number of unbranched alkanes of at least 4 members (excludes halogenated alkanes) is 1. The van der Waals surface area contributed by atoms with Gasteiger partial charge in [0.05, 0.1) is 6.42 Å². The lowest BCUT2D eigenvalue weighted by molar-refractivity contribution is -0.120. The van der Waals surface area contributed by atoms with E-state index in [1.807, 2.05) is 17.5 Å². The van der Waals surface area contributed by atoms with E-state index in [9.17, 15) is 4.79 Å². The van der Waals surface area contributed by atoms with Gasteiger partial charge >= 0.3 is 0 Å². The SMILES string of the molecule is CCCC[C@H](CC)CNC(=O)Cc1cccs1. The van der Waals surface area contributed by atoms with Crippen molar-refractivity contribution in [3.63, 3.8) is 0 Å². The van der Waals surface area contributed by atoms with Crippen LogP contribution in [0.4, 0.5) is 0 Å². The van der Waals surface area contributed by atoms with Gasteiger partial charge in [0.15, 0.2) is 0 Å². The fraction of sp³-hybridized carbons (Fsp3) is 0.643. The van der Waals surface area contributed by atoms with Crippen LogP contribution in [0.3, 0.4) is 0 Å². The van der Waals surface area contributed by atoms with E-state index in [1.165, 1.54) is 19.3 Å². The highest BCUT2D eigenvalue weighted by Gasteiger charge is 2.09. The Morgan fingerprint density at radius 3 is 2.88 bits per heavy atom. The summed E-state index contributed by atoms with van der Waals surface area (Å²) in [6.45, 7) is 5.24. The molecule has 17 heavy (non-hydrogen) atoms. The maximum absolute atomic E-state index is 11.7. The van der Waals surface area contributed by atoms with Crippen molar-refractivity contribution in [2.75, 3.05) is 6.54 Å². The van der Waals surface area contributed by atoms with Crippen LogP contribution in [0, 0.1) is 5.92 Å². The molecule has 1 N–H and O–H groups in total. The highest BCUT2D eigenvalue weighted by atomic mass is 32.1. The summed E-state index contributed by atoms with van der Waals surface area (Å²) in [6, 6.07) is 4.00. The Labute approximate surface area is 108 Å². The molecule has 1 aromatic rings. The normalized spacial score (nSPS) is 12.4. The van der Waals surface area contributed by atoms with Crippen LogP contribution in [-0.4, -0.2) is 12.5 Å². The Balaban J connectivity index is 2.21. The number of rotatable bonds is 8. The molecule has 1 rings (SSSR count). The molecule has 0 aromatic carbocycles. The van der Waals surface area contributed by atoms with Gasteiger partial charge in [-0.25, -0.2) is 0 Å². The van der Waals surface area contributed by atoms with Gasteiger partial charge in [-0.1, -0.05) is 39.2 Å². The molecule has 0 unspecified atom stereocenters. The minimum absolute atomic E-state index is 0.155. The van der Waals surface area contributed by atoms with Gasteiger partial charge in [-0.3, -0.25) is 4.79 Å². The lowest BCUT2D eigenvalue weighted by atomic mass is 9.99. The van der Waals surface area contributed by atoms with Crippen LogP contribution in [0.25, 0.3) is 0 Å². The lowest BCUT2D eigenvalue weighted by Gasteiger charge is -2.15. The zero-order chi connectivity index (χ0) is 12.5. The summed E-state index contributed by atoms with van der Waals surface area (Å²) in [6.07, 6.45) is 5.41. The van der Waals surface area contributed by atoms with E-state index in [0.717, 1.165) is 17.8 Å². The topological polar surface area (TPSA) is 29.1 Å². The van der Waals surface area contributed by atoms with Gasteiger partial charge in [0.1, 0.15) is 0 Å². The molecular weight excluding hydrogens is 230 g/mol. The molecule has 2 nitrogen and oxygen atoms in total. The van der Waals surface area contributed by atoms with Crippen LogP contribution in [0.5, 0.6) is 0 Å². The lowest BCUT2D eigenvalue weighted by Crippen LogP contribution is -2.30. The third-order valence-corrected chi connectivity index (χ3v) is 3.92. The largest absolute Gasteiger partial charge is 0.356 e. The average molecular weight is 253 g/mol. The van der Waals surface area contributed by atoms with Gasteiger partial charge in [0, 0.05) is 11.4 Å². The maximum atomic E-state index is 11.7. The first-order valence-electron chi connectivity index (χ1n) is 6.55. The predicted molar refractivity (Wildman–Crippen MR) is 74.3 cm³/mol. The molecule has 0 aliphatic carbocycles. The summed E-state index contributed by atoms with van der Waals surface area (Å²) in [5.74, 6) is 0.796. The Morgan fingerprint density at radius 2 is 2.29 bits per heavy atom. The molecule has 0 spiro atoms. The summed E-state index contributed by atoms with van der Waals surface area (Å²) >= 11 is 1.64. The molecule has 0 bridgehead atoms. The molecule has 0 fully saturated rings. The first kappa shape index (κ1) is 14.2. The third kappa shape index (κ3) is 5.87. The summed E-state index contributed by atoms with van der Waals surface area (Å²) in [5.41, 5.74) is 0. The summed E-state index contributed by atoms with van der Waals surface area (Å²) in [7, 11) is 0. The molecule has 1 heterocycles. The summed E-state index contributed by atoms with van der Waals surface area (Å²) < 4.78 is 0. The highest BCUT2D eigenvalue weighted by molar-refractivity contribution is 7.10. The molecule has 96 valence electrons. The molecule has 0 aliphatic rings. The van der Waals surface area contributed by atoms with Crippen LogP contribution in [0.15, 0.2) is 17.5 Å². The van der Waals surface area contributed by atoms with E-state index in [2.05, 4.69) is 19.2 Å². The average Bonchev–Trinajstić information content (AvgIpc) is 2.82. The second kappa shape index (κ2) is 8.29. The number of carbonyl (C=O) groups is 1. The molecule has 1 aromatic heterocycles. The number of thiophene rings is 1. The first-order chi connectivity index (χ1) is 8.26. The van der Waals surface area contributed by atoms with Crippen molar-refractivity contribution in [2.45, 2.75) is 46.0 Å². The second-order valence-corrected chi connectivity index (χ2v) is 5.51. The van der Waals surface area contributed by atoms with Gasteiger partial charge < -0.3 is 5.32 Å². The van der Waals surface area contributed by atoms with Crippen molar-refractivity contribution in [2.24, 2.45) is 5.92 Å². The molecule has 0 radical (unpaired) electrons. The van der Waals surface area contributed by atoms with E-state index in [0.29, 0.717) is 12.3 Å². The molecule has 0 saturated heterocycles. The van der Waals surface area contributed by atoms with Gasteiger partial charge in [0.2, 0.25) is 5.91 Å². The Kier molecular flexibility index (Phi) is 6.94. The van der Waals surface area contributed by atoms with E-state index >= 15 is 0 Å². The van der Waals surface area contributed by atoms with Crippen molar-refractivity contribution in [1.29, 1.82) is 0 Å². The molecule has 0 aliphatic heterocycles. The van der Waals surface area contributed by atoms with Gasteiger partial charge in [0.25, 0.3) is 0 Å². The Bertz CT molecular complexity index is 308. The zero-order valence-corrected chi connectivity index (χ0v) is 11.7. The van der Waals surface area contributed by atoms with Crippen molar-refractivity contribution in [1.82, 2.24) is 5.32 Å². The standard InChI is InChI=1S/C14H23NOS/c1-3-5-7-12(4-2)11-15-14(16)10-13-8-6-9-17-13/h6,8-9,12H,3-5,7,10-11H2,1-2H3,(H,15,16)/t12-/m0/s1.